The second-order valence-electron chi connectivity index (χ2n) is 3.45. The lowest BCUT2D eigenvalue weighted by Gasteiger charge is -2.17. The average Bonchev–Trinajstić information content (AvgIpc) is 2.24. The zero-order valence-corrected chi connectivity index (χ0v) is 11.0. The van der Waals surface area contributed by atoms with Crippen LogP contribution in [-0.2, 0) is 14.3 Å². The van der Waals surface area contributed by atoms with Crippen molar-refractivity contribution in [2.75, 3.05) is 20.7 Å². The normalized spacial score (nSPS) is 13.2. The second kappa shape index (κ2) is 9.42. The number of carbonyl (C=O) groups excluding carboxylic acids is 2. The highest BCUT2D eigenvalue weighted by atomic mass is 35.5. The lowest BCUT2D eigenvalue weighted by Crippen LogP contribution is -2.44. The summed E-state index contributed by atoms with van der Waals surface area (Å²) in [6, 6.07) is -0.540. The molecule has 96 valence electrons. The van der Waals surface area contributed by atoms with Gasteiger partial charge < -0.3 is 15.4 Å². The van der Waals surface area contributed by atoms with E-state index in [1.807, 2.05) is 6.92 Å². The van der Waals surface area contributed by atoms with Crippen LogP contribution in [0.25, 0.3) is 0 Å². The number of carbonyl (C=O) groups is 2. The Bertz CT molecular complexity index is 224. The zero-order chi connectivity index (χ0) is 11.8. The minimum absolute atomic E-state index is 0. The molecule has 0 bridgehead atoms. The first-order valence-corrected chi connectivity index (χ1v) is 5.09. The predicted octanol–water partition coefficient (Wildman–Crippen LogP) is 0.331. The summed E-state index contributed by atoms with van der Waals surface area (Å²) in [5.74, 6) is -0.696. The van der Waals surface area contributed by atoms with Gasteiger partial charge in [0, 0.05) is 12.5 Å². The van der Waals surface area contributed by atoms with E-state index in [0.29, 0.717) is 13.0 Å². The van der Waals surface area contributed by atoms with Crippen molar-refractivity contribution in [2.45, 2.75) is 26.3 Å². The molecular weight excluding hydrogens is 232 g/mol. The second-order valence-corrected chi connectivity index (χ2v) is 3.45. The molecule has 16 heavy (non-hydrogen) atoms. The molecule has 6 heteroatoms. The SMILES string of the molecule is CCC(NC(=O)C(C)CNC)C(=O)OC.Cl. The molecule has 0 aromatic rings. The molecule has 2 atom stereocenters. The maximum absolute atomic E-state index is 11.6. The van der Waals surface area contributed by atoms with Crippen LogP contribution < -0.4 is 10.6 Å². The Morgan fingerprint density at radius 3 is 2.31 bits per heavy atom. The molecule has 1 amide bonds. The number of hydrogen-bond acceptors (Lipinski definition) is 4. The molecular formula is C10H21ClN2O3. The van der Waals surface area contributed by atoms with Crippen LogP contribution in [-0.4, -0.2) is 38.6 Å². The third-order valence-corrected chi connectivity index (χ3v) is 2.17. The fraction of sp³-hybridized carbons (Fsp3) is 0.800. The summed E-state index contributed by atoms with van der Waals surface area (Å²) in [6.07, 6.45) is 0.532. The van der Waals surface area contributed by atoms with Crippen molar-refractivity contribution in [1.29, 1.82) is 0 Å². The molecule has 0 fully saturated rings. The lowest BCUT2D eigenvalue weighted by molar-refractivity contribution is -0.145. The lowest BCUT2D eigenvalue weighted by atomic mass is 10.1. The number of rotatable bonds is 6. The van der Waals surface area contributed by atoms with Gasteiger partial charge in [-0.05, 0) is 13.5 Å². The van der Waals surface area contributed by atoms with E-state index in [9.17, 15) is 9.59 Å². The number of esters is 1. The van der Waals surface area contributed by atoms with E-state index >= 15 is 0 Å². The van der Waals surface area contributed by atoms with Crippen LogP contribution in [0, 0.1) is 5.92 Å². The molecule has 0 heterocycles. The number of amides is 1. The smallest absolute Gasteiger partial charge is 0.328 e. The van der Waals surface area contributed by atoms with Crippen molar-refractivity contribution in [3.8, 4) is 0 Å². The van der Waals surface area contributed by atoms with Crippen LogP contribution in [0.1, 0.15) is 20.3 Å². The maximum atomic E-state index is 11.6. The summed E-state index contributed by atoms with van der Waals surface area (Å²) >= 11 is 0. The van der Waals surface area contributed by atoms with Crippen molar-refractivity contribution in [1.82, 2.24) is 10.6 Å². The van der Waals surface area contributed by atoms with Gasteiger partial charge in [-0.3, -0.25) is 4.79 Å². The van der Waals surface area contributed by atoms with Crippen molar-refractivity contribution < 1.29 is 14.3 Å². The number of nitrogens with one attached hydrogen (secondary N) is 2. The highest BCUT2D eigenvalue weighted by Crippen LogP contribution is 1.98. The first-order valence-electron chi connectivity index (χ1n) is 5.09. The highest BCUT2D eigenvalue weighted by Gasteiger charge is 2.21. The fourth-order valence-electron chi connectivity index (χ4n) is 1.18. The Morgan fingerprint density at radius 1 is 1.38 bits per heavy atom. The molecule has 0 rings (SSSR count). The number of halogens is 1. The molecule has 2 N–H and O–H groups in total. The van der Waals surface area contributed by atoms with E-state index in [-0.39, 0.29) is 24.2 Å². The minimum Gasteiger partial charge on any atom is -0.467 e. The van der Waals surface area contributed by atoms with E-state index in [2.05, 4.69) is 15.4 Å². The summed E-state index contributed by atoms with van der Waals surface area (Å²) in [5.41, 5.74) is 0. The van der Waals surface area contributed by atoms with Crippen molar-refractivity contribution in [3.05, 3.63) is 0 Å². The molecule has 0 aliphatic heterocycles. The van der Waals surface area contributed by atoms with Gasteiger partial charge in [0.05, 0.1) is 7.11 Å². The molecule has 5 nitrogen and oxygen atoms in total. The molecule has 0 aliphatic rings. The molecule has 0 aromatic heterocycles. The molecule has 0 aromatic carbocycles. The summed E-state index contributed by atoms with van der Waals surface area (Å²) < 4.78 is 4.57. The standard InChI is InChI=1S/C10H20N2O3.ClH/c1-5-8(10(14)15-4)12-9(13)7(2)6-11-3;/h7-8,11H,5-6H2,1-4H3,(H,12,13);1H. The Balaban J connectivity index is 0. The Labute approximate surface area is 103 Å². The first-order chi connectivity index (χ1) is 7.06. The van der Waals surface area contributed by atoms with Crippen LogP contribution in [0.4, 0.5) is 0 Å². The van der Waals surface area contributed by atoms with Crippen LogP contribution in [0.3, 0.4) is 0 Å². The minimum atomic E-state index is -0.540. The summed E-state index contributed by atoms with van der Waals surface area (Å²) in [5, 5.41) is 5.55. The average molecular weight is 253 g/mol. The van der Waals surface area contributed by atoms with Crippen molar-refractivity contribution in [2.24, 2.45) is 5.92 Å². The third-order valence-electron chi connectivity index (χ3n) is 2.17. The molecule has 2 unspecified atom stereocenters. The molecule has 0 saturated carbocycles. The van der Waals surface area contributed by atoms with E-state index in [1.165, 1.54) is 7.11 Å². The Hall–Kier alpha value is -0.810. The predicted molar refractivity (Wildman–Crippen MR) is 64.6 cm³/mol. The largest absolute Gasteiger partial charge is 0.467 e. The molecule has 0 saturated heterocycles. The first kappa shape index (κ1) is 17.6. The van der Waals surface area contributed by atoms with Crippen LogP contribution in [0.2, 0.25) is 0 Å². The Kier molecular flexibility index (Phi) is 10.3. The summed E-state index contributed by atoms with van der Waals surface area (Å²) in [4.78, 5) is 22.8. The molecule has 0 spiro atoms. The van der Waals surface area contributed by atoms with Gasteiger partial charge in [0.25, 0.3) is 0 Å². The van der Waals surface area contributed by atoms with E-state index in [1.54, 1.807) is 14.0 Å². The highest BCUT2D eigenvalue weighted by molar-refractivity contribution is 5.85. The van der Waals surface area contributed by atoms with Gasteiger partial charge >= 0.3 is 5.97 Å². The van der Waals surface area contributed by atoms with Gasteiger partial charge in [-0.1, -0.05) is 13.8 Å². The van der Waals surface area contributed by atoms with Gasteiger partial charge in [-0.2, -0.15) is 0 Å². The Morgan fingerprint density at radius 2 is 1.94 bits per heavy atom. The van der Waals surface area contributed by atoms with Gasteiger partial charge in [-0.25, -0.2) is 4.79 Å². The topological polar surface area (TPSA) is 67.4 Å². The van der Waals surface area contributed by atoms with E-state index < -0.39 is 12.0 Å². The molecule has 0 aliphatic carbocycles. The number of ether oxygens (including phenoxy) is 1. The summed E-state index contributed by atoms with van der Waals surface area (Å²) in [6.45, 7) is 4.21. The zero-order valence-electron chi connectivity index (χ0n) is 10.2. The number of hydrogen-bond donors (Lipinski definition) is 2. The van der Waals surface area contributed by atoms with Gasteiger partial charge in [0.2, 0.25) is 5.91 Å². The maximum Gasteiger partial charge on any atom is 0.328 e. The van der Waals surface area contributed by atoms with E-state index in [0.717, 1.165) is 0 Å². The number of methoxy groups -OCH3 is 1. The van der Waals surface area contributed by atoms with Gasteiger partial charge in [-0.15, -0.1) is 12.4 Å². The van der Waals surface area contributed by atoms with Crippen LogP contribution >= 0.6 is 12.4 Å². The summed E-state index contributed by atoms with van der Waals surface area (Å²) in [7, 11) is 3.09. The van der Waals surface area contributed by atoms with Gasteiger partial charge in [0.1, 0.15) is 6.04 Å². The van der Waals surface area contributed by atoms with E-state index in [4.69, 9.17) is 0 Å². The van der Waals surface area contributed by atoms with Gasteiger partial charge in [0.15, 0.2) is 0 Å². The quantitative estimate of drug-likeness (QED) is 0.669. The molecule has 0 radical (unpaired) electrons. The van der Waals surface area contributed by atoms with Crippen molar-refractivity contribution in [3.63, 3.8) is 0 Å². The monoisotopic (exact) mass is 252 g/mol. The fourth-order valence-corrected chi connectivity index (χ4v) is 1.18. The van der Waals surface area contributed by atoms with Crippen LogP contribution in [0.5, 0.6) is 0 Å². The van der Waals surface area contributed by atoms with Crippen molar-refractivity contribution >= 4 is 24.3 Å². The van der Waals surface area contributed by atoms with Crippen LogP contribution in [0.15, 0.2) is 0 Å². The third kappa shape index (κ3) is 5.92.